The molecule has 0 unspecified atom stereocenters. The molecule has 2 aromatic rings. The molecule has 0 bridgehead atoms. The minimum Gasteiger partial charge on any atom is -0.493 e. The number of aromatic nitrogens is 1. The van der Waals surface area contributed by atoms with Crippen LogP contribution in [-0.4, -0.2) is 18.1 Å². The maximum absolute atomic E-state index is 5.94. The van der Waals surface area contributed by atoms with Crippen LogP contribution in [0.4, 0.5) is 0 Å². The van der Waals surface area contributed by atoms with E-state index in [1.54, 1.807) is 6.20 Å². The van der Waals surface area contributed by atoms with Crippen LogP contribution in [0.15, 0.2) is 48.8 Å². The molecule has 3 rings (SSSR count). The summed E-state index contributed by atoms with van der Waals surface area (Å²) in [6.07, 6.45) is 7.34. The van der Waals surface area contributed by atoms with E-state index in [0.717, 1.165) is 37.8 Å². The van der Waals surface area contributed by atoms with E-state index in [1.165, 1.54) is 24.0 Å². The average Bonchev–Trinajstić information content (AvgIpc) is 3.37. The zero-order chi connectivity index (χ0) is 14.3. The first kappa shape index (κ1) is 14.1. The van der Waals surface area contributed by atoms with E-state index in [9.17, 15) is 0 Å². The van der Waals surface area contributed by atoms with Gasteiger partial charge in [-0.3, -0.25) is 4.98 Å². The molecule has 1 aliphatic rings. The van der Waals surface area contributed by atoms with Crippen molar-refractivity contribution >= 4 is 0 Å². The number of nitrogens with one attached hydrogen (secondary N) is 1. The lowest BCUT2D eigenvalue weighted by molar-refractivity contribution is 0.305. The second kappa shape index (κ2) is 7.23. The molecule has 1 aliphatic carbocycles. The minimum atomic E-state index is 0.741. The predicted octanol–water partition coefficient (Wildman–Crippen LogP) is 3.52. The van der Waals surface area contributed by atoms with Gasteiger partial charge in [-0.05, 0) is 55.0 Å². The monoisotopic (exact) mass is 282 g/mol. The van der Waals surface area contributed by atoms with E-state index >= 15 is 0 Å². The maximum Gasteiger partial charge on any atom is 0.122 e. The molecule has 21 heavy (non-hydrogen) atoms. The fourth-order valence-electron chi connectivity index (χ4n) is 2.46. The summed E-state index contributed by atoms with van der Waals surface area (Å²) in [6.45, 7) is 2.59. The number of ether oxygens (including phenoxy) is 1. The van der Waals surface area contributed by atoms with Gasteiger partial charge in [0.15, 0.2) is 0 Å². The first-order chi connectivity index (χ1) is 10.4. The van der Waals surface area contributed by atoms with Gasteiger partial charge in [0.2, 0.25) is 0 Å². The Morgan fingerprint density at radius 2 is 2.05 bits per heavy atom. The topological polar surface area (TPSA) is 34.2 Å². The summed E-state index contributed by atoms with van der Waals surface area (Å²) in [7, 11) is 0. The van der Waals surface area contributed by atoms with Crippen LogP contribution in [0.25, 0.3) is 0 Å². The van der Waals surface area contributed by atoms with Gasteiger partial charge in [-0.15, -0.1) is 0 Å². The third-order valence-corrected chi connectivity index (χ3v) is 3.74. The van der Waals surface area contributed by atoms with Crippen molar-refractivity contribution in [1.82, 2.24) is 10.3 Å². The summed E-state index contributed by atoms with van der Waals surface area (Å²) < 4.78 is 5.94. The molecule has 3 nitrogen and oxygen atoms in total. The molecule has 0 atom stereocenters. The standard InChI is InChI=1S/C18H22N2O/c1-2-7-18(17(6-1)16-8-9-16)21-12-4-11-20-14-15-5-3-10-19-13-15/h1-3,5-7,10,13,16,20H,4,8-9,11-12,14H2. The summed E-state index contributed by atoms with van der Waals surface area (Å²) in [5.41, 5.74) is 2.61. The summed E-state index contributed by atoms with van der Waals surface area (Å²) in [6, 6.07) is 12.5. The molecule has 0 amide bonds. The van der Waals surface area contributed by atoms with Crippen molar-refractivity contribution in [3.05, 3.63) is 59.9 Å². The van der Waals surface area contributed by atoms with Gasteiger partial charge in [0.1, 0.15) is 5.75 Å². The molecule has 1 heterocycles. The van der Waals surface area contributed by atoms with Crippen molar-refractivity contribution in [2.24, 2.45) is 0 Å². The molecule has 1 aromatic carbocycles. The van der Waals surface area contributed by atoms with Crippen molar-refractivity contribution in [3.63, 3.8) is 0 Å². The second-order valence-corrected chi connectivity index (χ2v) is 5.55. The highest BCUT2D eigenvalue weighted by Gasteiger charge is 2.26. The number of pyridine rings is 1. The minimum absolute atomic E-state index is 0.741. The van der Waals surface area contributed by atoms with Crippen LogP contribution in [0.2, 0.25) is 0 Å². The third kappa shape index (κ3) is 4.30. The summed E-state index contributed by atoms with van der Waals surface area (Å²) >= 11 is 0. The quantitative estimate of drug-likeness (QED) is 0.752. The van der Waals surface area contributed by atoms with Gasteiger partial charge in [-0.1, -0.05) is 24.3 Å². The van der Waals surface area contributed by atoms with Gasteiger partial charge in [0.25, 0.3) is 0 Å². The molecule has 1 fully saturated rings. The first-order valence-electron chi connectivity index (χ1n) is 7.75. The summed E-state index contributed by atoms with van der Waals surface area (Å²) in [5.74, 6) is 1.82. The van der Waals surface area contributed by atoms with E-state index < -0.39 is 0 Å². The largest absolute Gasteiger partial charge is 0.493 e. The fourth-order valence-corrected chi connectivity index (χ4v) is 2.46. The Kier molecular flexibility index (Phi) is 4.85. The zero-order valence-corrected chi connectivity index (χ0v) is 12.3. The molecule has 110 valence electrons. The van der Waals surface area contributed by atoms with E-state index in [-0.39, 0.29) is 0 Å². The van der Waals surface area contributed by atoms with Gasteiger partial charge in [0.05, 0.1) is 6.61 Å². The highest BCUT2D eigenvalue weighted by molar-refractivity contribution is 5.38. The molecular weight excluding hydrogens is 260 g/mol. The van der Waals surface area contributed by atoms with Gasteiger partial charge in [0, 0.05) is 18.9 Å². The van der Waals surface area contributed by atoms with Crippen LogP contribution in [0.5, 0.6) is 5.75 Å². The molecule has 1 aromatic heterocycles. The Labute approximate surface area is 126 Å². The number of hydrogen-bond acceptors (Lipinski definition) is 3. The second-order valence-electron chi connectivity index (χ2n) is 5.55. The van der Waals surface area contributed by atoms with Crippen LogP contribution < -0.4 is 10.1 Å². The van der Waals surface area contributed by atoms with Gasteiger partial charge >= 0.3 is 0 Å². The van der Waals surface area contributed by atoms with E-state index in [1.807, 2.05) is 12.3 Å². The predicted molar refractivity (Wildman–Crippen MR) is 84.5 cm³/mol. The van der Waals surface area contributed by atoms with Crippen LogP contribution in [0, 0.1) is 0 Å². The highest BCUT2D eigenvalue weighted by Crippen LogP contribution is 2.44. The lowest BCUT2D eigenvalue weighted by Gasteiger charge is -2.11. The number of nitrogens with zero attached hydrogens (tertiary/aromatic N) is 1. The smallest absolute Gasteiger partial charge is 0.122 e. The number of rotatable bonds is 8. The number of para-hydroxylation sites is 1. The summed E-state index contributed by atoms with van der Waals surface area (Å²) in [4.78, 5) is 4.11. The average molecular weight is 282 g/mol. The van der Waals surface area contributed by atoms with Crippen LogP contribution in [0.1, 0.15) is 36.3 Å². The van der Waals surface area contributed by atoms with Crippen molar-refractivity contribution < 1.29 is 4.74 Å². The van der Waals surface area contributed by atoms with E-state index in [2.05, 4.69) is 40.6 Å². The molecule has 0 spiro atoms. The molecular formula is C18H22N2O. The molecule has 3 heteroatoms. The van der Waals surface area contributed by atoms with Crippen molar-refractivity contribution in [2.75, 3.05) is 13.2 Å². The lowest BCUT2D eigenvalue weighted by atomic mass is 10.1. The first-order valence-corrected chi connectivity index (χ1v) is 7.75. The zero-order valence-electron chi connectivity index (χ0n) is 12.3. The van der Waals surface area contributed by atoms with Crippen LogP contribution >= 0.6 is 0 Å². The van der Waals surface area contributed by atoms with Crippen molar-refractivity contribution in [1.29, 1.82) is 0 Å². The van der Waals surface area contributed by atoms with E-state index in [0.29, 0.717) is 0 Å². The Bertz CT molecular complexity index is 552. The Hall–Kier alpha value is -1.87. The van der Waals surface area contributed by atoms with Crippen molar-refractivity contribution in [3.8, 4) is 5.75 Å². The van der Waals surface area contributed by atoms with Crippen LogP contribution in [-0.2, 0) is 6.54 Å². The lowest BCUT2D eigenvalue weighted by Crippen LogP contribution is -2.17. The molecule has 1 N–H and O–H groups in total. The molecule has 0 saturated heterocycles. The summed E-state index contributed by atoms with van der Waals surface area (Å²) in [5, 5.41) is 3.42. The maximum atomic E-state index is 5.94. The Morgan fingerprint density at radius 1 is 1.14 bits per heavy atom. The molecule has 0 aliphatic heterocycles. The van der Waals surface area contributed by atoms with E-state index in [4.69, 9.17) is 4.74 Å². The molecule has 0 radical (unpaired) electrons. The Morgan fingerprint density at radius 3 is 2.86 bits per heavy atom. The number of benzene rings is 1. The van der Waals surface area contributed by atoms with Crippen molar-refractivity contribution in [2.45, 2.75) is 31.7 Å². The fraction of sp³-hybridized carbons (Fsp3) is 0.389. The van der Waals surface area contributed by atoms with Gasteiger partial charge in [-0.2, -0.15) is 0 Å². The van der Waals surface area contributed by atoms with Crippen LogP contribution in [0.3, 0.4) is 0 Å². The third-order valence-electron chi connectivity index (χ3n) is 3.74. The highest BCUT2D eigenvalue weighted by atomic mass is 16.5. The Balaban J connectivity index is 1.35. The molecule has 1 saturated carbocycles. The van der Waals surface area contributed by atoms with Gasteiger partial charge < -0.3 is 10.1 Å². The normalized spacial score (nSPS) is 14.1. The number of hydrogen-bond donors (Lipinski definition) is 1. The SMILES string of the molecule is c1cncc(CNCCCOc2ccccc2C2CC2)c1. The van der Waals surface area contributed by atoms with Gasteiger partial charge in [-0.25, -0.2) is 0 Å².